The van der Waals surface area contributed by atoms with Crippen LogP contribution in [-0.2, 0) is 0 Å². The third-order valence-electron chi connectivity index (χ3n) is 3.48. The van der Waals surface area contributed by atoms with E-state index < -0.39 is 11.2 Å². The molecule has 21 heavy (non-hydrogen) atoms. The zero-order chi connectivity index (χ0) is 15.6. The predicted molar refractivity (Wildman–Crippen MR) is 83.1 cm³/mol. The summed E-state index contributed by atoms with van der Waals surface area (Å²) < 4.78 is 24.6. The molecule has 4 heteroatoms. The smallest absolute Gasteiger partial charge is 0.163 e. The molecule has 2 nitrogen and oxygen atoms in total. The lowest BCUT2D eigenvalue weighted by Crippen LogP contribution is -2.02. The summed E-state index contributed by atoms with van der Waals surface area (Å²) in [5.74, 6) is 0.405. The van der Waals surface area contributed by atoms with Crippen molar-refractivity contribution in [2.24, 2.45) is 0 Å². The molecule has 2 aromatic carbocycles. The topological polar surface area (TPSA) is 18.5 Å². The summed E-state index contributed by atoms with van der Waals surface area (Å²) in [4.78, 5) is 0. The highest BCUT2D eigenvalue weighted by molar-refractivity contribution is 6.22. The summed E-state index contributed by atoms with van der Waals surface area (Å²) in [6, 6.07) is 8.86. The molecule has 0 spiro atoms. The fourth-order valence-electron chi connectivity index (χ4n) is 2.26. The Balaban J connectivity index is 2.52. The third kappa shape index (κ3) is 3.13. The minimum absolute atomic E-state index is 0.351. The van der Waals surface area contributed by atoms with Crippen LogP contribution in [0.3, 0.4) is 0 Å². The first kappa shape index (κ1) is 15.6. The fraction of sp³-hybridized carbons (Fsp3) is 0.294. The number of benzene rings is 2. The molecular weight excluding hydrogens is 291 g/mol. The van der Waals surface area contributed by atoms with Gasteiger partial charge in [-0.05, 0) is 31.0 Å². The third-order valence-corrected chi connectivity index (χ3v) is 3.95. The molecule has 0 amide bonds. The summed E-state index contributed by atoms with van der Waals surface area (Å²) in [6.07, 6.45) is 0. The molecule has 0 aliphatic heterocycles. The maximum absolute atomic E-state index is 14.3. The normalized spacial score (nSPS) is 12.1. The van der Waals surface area contributed by atoms with Crippen molar-refractivity contribution in [1.29, 1.82) is 0 Å². The van der Waals surface area contributed by atoms with E-state index in [2.05, 4.69) is 0 Å². The van der Waals surface area contributed by atoms with Crippen molar-refractivity contribution >= 4 is 11.6 Å². The molecule has 0 heterocycles. The van der Waals surface area contributed by atoms with Crippen LogP contribution in [0.4, 0.5) is 4.39 Å². The van der Waals surface area contributed by atoms with Gasteiger partial charge in [0.25, 0.3) is 0 Å². The van der Waals surface area contributed by atoms with Crippen molar-refractivity contribution < 1.29 is 13.9 Å². The zero-order valence-electron chi connectivity index (χ0n) is 12.5. The predicted octanol–water partition coefficient (Wildman–Crippen LogP) is 4.79. The van der Waals surface area contributed by atoms with Gasteiger partial charge in [-0.3, -0.25) is 0 Å². The summed E-state index contributed by atoms with van der Waals surface area (Å²) in [6.45, 7) is 3.94. The second kappa shape index (κ2) is 6.35. The lowest BCUT2D eigenvalue weighted by atomic mass is 9.97. The molecule has 1 atom stereocenters. The molecule has 0 aromatic heterocycles. The van der Waals surface area contributed by atoms with Crippen LogP contribution in [-0.4, -0.2) is 14.2 Å². The Hall–Kier alpha value is -1.74. The molecule has 2 aromatic rings. The van der Waals surface area contributed by atoms with Crippen molar-refractivity contribution in [1.82, 2.24) is 0 Å². The number of alkyl halides is 1. The maximum atomic E-state index is 14.3. The van der Waals surface area contributed by atoms with Crippen molar-refractivity contribution in [2.75, 3.05) is 14.2 Å². The second-order valence-electron chi connectivity index (χ2n) is 4.95. The highest BCUT2D eigenvalue weighted by atomic mass is 35.5. The monoisotopic (exact) mass is 308 g/mol. The van der Waals surface area contributed by atoms with E-state index in [1.807, 2.05) is 32.0 Å². The number of halogens is 2. The van der Waals surface area contributed by atoms with Crippen molar-refractivity contribution in [3.8, 4) is 11.5 Å². The van der Waals surface area contributed by atoms with Crippen LogP contribution in [0, 0.1) is 19.7 Å². The van der Waals surface area contributed by atoms with Crippen LogP contribution in [0.15, 0.2) is 30.3 Å². The van der Waals surface area contributed by atoms with Gasteiger partial charge in [-0.2, -0.15) is 0 Å². The lowest BCUT2D eigenvalue weighted by Gasteiger charge is -2.17. The number of aryl methyl sites for hydroxylation is 2. The molecule has 0 aliphatic carbocycles. The van der Waals surface area contributed by atoms with Gasteiger partial charge < -0.3 is 9.47 Å². The number of hydrogen-bond acceptors (Lipinski definition) is 2. The number of hydrogen-bond donors (Lipinski definition) is 0. The SMILES string of the molecule is COc1cc(F)c(C(Cl)c2cc(C)ccc2C)cc1OC. The quantitative estimate of drug-likeness (QED) is 0.756. The Morgan fingerprint density at radius 1 is 0.952 bits per heavy atom. The van der Waals surface area contributed by atoms with Gasteiger partial charge in [-0.15, -0.1) is 11.6 Å². The van der Waals surface area contributed by atoms with E-state index in [1.54, 1.807) is 6.07 Å². The largest absolute Gasteiger partial charge is 0.493 e. The summed E-state index contributed by atoms with van der Waals surface area (Å²) >= 11 is 6.50. The summed E-state index contributed by atoms with van der Waals surface area (Å²) in [5, 5.41) is -0.579. The summed E-state index contributed by atoms with van der Waals surface area (Å²) in [7, 11) is 2.99. The van der Waals surface area contributed by atoms with Gasteiger partial charge in [0.2, 0.25) is 0 Å². The Kier molecular flexibility index (Phi) is 4.73. The van der Waals surface area contributed by atoms with Gasteiger partial charge in [0.1, 0.15) is 5.82 Å². The Labute approximate surface area is 129 Å². The fourth-order valence-corrected chi connectivity index (χ4v) is 2.67. The van der Waals surface area contributed by atoms with E-state index in [-0.39, 0.29) is 0 Å². The van der Waals surface area contributed by atoms with Crippen LogP contribution < -0.4 is 9.47 Å². The molecule has 2 rings (SSSR count). The molecule has 1 unspecified atom stereocenters. The van der Waals surface area contributed by atoms with E-state index in [1.165, 1.54) is 20.3 Å². The molecule has 0 saturated heterocycles. The molecule has 0 N–H and O–H groups in total. The Bertz CT molecular complexity index is 655. The molecule has 0 aliphatic rings. The van der Waals surface area contributed by atoms with Crippen molar-refractivity contribution in [2.45, 2.75) is 19.2 Å². The van der Waals surface area contributed by atoms with E-state index in [0.29, 0.717) is 17.1 Å². The van der Waals surface area contributed by atoms with Crippen LogP contribution in [0.25, 0.3) is 0 Å². The first-order valence-electron chi connectivity index (χ1n) is 6.60. The van der Waals surface area contributed by atoms with Gasteiger partial charge in [-0.1, -0.05) is 23.8 Å². The standard InChI is InChI=1S/C17H18ClFO2/c1-10-5-6-11(2)12(7-10)17(18)13-8-15(20-3)16(21-4)9-14(13)19/h5-9,17H,1-4H3. The van der Waals surface area contributed by atoms with Crippen molar-refractivity contribution in [3.05, 3.63) is 58.4 Å². The zero-order valence-corrected chi connectivity index (χ0v) is 13.3. The first-order chi connectivity index (χ1) is 9.97. The minimum atomic E-state index is -0.579. The van der Waals surface area contributed by atoms with E-state index in [4.69, 9.17) is 21.1 Å². The molecule has 0 saturated carbocycles. The highest BCUT2D eigenvalue weighted by Crippen LogP contribution is 2.38. The average Bonchev–Trinajstić information content (AvgIpc) is 2.48. The van der Waals surface area contributed by atoms with E-state index in [0.717, 1.165) is 16.7 Å². The Morgan fingerprint density at radius 2 is 1.57 bits per heavy atom. The molecule has 112 valence electrons. The van der Waals surface area contributed by atoms with Gasteiger partial charge >= 0.3 is 0 Å². The summed E-state index contributed by atoms with van der Waals surface area (Å²) in [5.41, 5.74) is 3.38. The second-order valence-corrected chi connectivity index (χ2v) is 5.39. The van der Waals surface area contributed by atoms with Crippen LogP contribution in [0.1, 0.15) is 27.6 Å². The maximum Gasteiger partial charge on any atom is 0.163 e. The van der Waals surface area contributed by atoms with E-state index >= 15 is 0 Å². The number of rotatable bonds is 4. The van der Waals surface area contributed by atoms with Gasteiger partial charge in [-0.25, -0.2) is 4.39 Å². The minimum Gasteiger partial charge on any atom is -0.493 e. The average molecular weight is 309 g/mol. The van der Waals surface area contributed by atoms with Crippen molar-refractivity contribution in [3.63, 3.8) is 0 Å². The van der Waals surface area contributed by atoms with Gasteiger partial charge in [0, 0.05) is 11.6 Å². The Morgan fingerprint density at radius 3 is 2.19 bits per heavy atom. The van der Waals surface area contributed by atoms with Gasteiger partial charge in [0.05, 0.1) is 19.6 Å². The first-order valence-corrected chi connectivity index (χ1v) is 7.04. The molecule has 0 fully saturated rings. The lowest BCUT2D eigenvalue weighted by molar-refractivity contribution is 0.351. The van der Waals surface area contributed by atoms with Gasteiger partial charge in [0.15, 0.2) is 11.5 Å². The molecule has 0 bridgehead atoms. The number of ether oxygens (including phenoxy) is 2. The van der Waals surface area contributed by atoms with Crippen LogP contribution >= 0.6 is 11.6 Å². The van der Waals surface area contributed by atoms with E-state index in [9.17, 15) is 4.39 Å². The molecule has 0 radical (unpaired) electrons. The molecular formula is C17H18ClFO2. The van der Waals surface area contributed by atoms with Crippen LogP contribution in [0.2, 0.25) is 0 Å². The van der Waals surface area contributed by atoms with Crippen LogP contribution in [0.5, 0.6) is 11.5 Å². The highest BCUT2D eigenvalue weighted by Gasteiger charge is 2.20. The number of methoxy groups -OCH3 is 2.